The van der Waals surface area contributed by atoms with Gasteiger partial charge < -0.3 is 15.0 Å². The number of morpholine rings is 1. The van der Waals surface area contributed by atoms with Crippen LogP contribution in [-0.4, -0.2) is 74.3 Å². The fraction of sp³-hybridized carbons (Fsp3) is 0.632. The lowest BCUT2D eigenvalue weighted by atomic mass is 10.1. The molecule has 3 rings (SSSR count). The molecule has 0 amide bonds. The topological polar surface area (TPSA) is 40.1 Å². The van der Waals surface area contributed by atoms with Gasteiger partial charge in [-0.15, -0.1) is 24.0 Å². The fourth-order valence-corrected chi connectivity index (χ4v) is 3.58. The van der Waals surface area contributed by atoms with E-state index < -0.39 is 0 Å². The predicted molar refractivity (Wildman–Crippen MR) is 114 cm³/mol. The number of hydrogen-bond donors (Lipinski definition) is 1. The Bertz CT molecular complexity index is 580. The number of guanidine groups is 1. The average molecular weight is 476 g/mol. The van der Waals surface area contributed by atoms with Gasteiger partial charge in [0.1, 0.15) is 5.82 Å². The van der Waals surface area contributed by atoms with E-state index in [1.807, 2.05) is 6.07 Å². The van der Waals surface area contributed by atoms with Crippen LogP contribution >= 0.6 is 24.0 Å². The largest absolute Gasteiger partial charge is 0.379 e. The minimum atomic E-state index is -0.179. The maximum absolute atomic E-state index is 13.3. The molecule has 2 saturated heterocycles. The van der Waals surface area contributed by atoms with Gasteiger partial charge in [0, 0.05) is 45.3 Å². The average Bonchev–Trinajstić information content (AvgIpc) is 3.12. The van der Waals surface area contributed by atoms with Gasteiger partial charge in [0.15, 0.2) is 5.96 Å². The van der Waals surface area contributed by atoms with Crippen LogP contribution in [0.1, 0.15) is 18.9 Å². The molecule has 0 aliphatic carbocycles. The third kappa shape index (κ3) is 6.06. The second kappa shape index (κ2) is 11.0. The number of likely N-dealkylation sites (tertiary alicyclic amines) is 1. The number of halogens is 2. The molecule has 2 aliphatic rings. The Morgan fingerprint density at radius 2 is 2.12 bits per heavy atom. The fourth-order valence-electron chi connectivity index (χ4n) is 3.58. The number of aliphatic imine (C=N–C) groups is 1. The summed E-state index contributed by atoms with van der Waals surface area (Å²) in [5.41, 5.74) is 0.993. The summed E-state index contributed by atoms with van der Waals surface area (Å²) in [7, 11) is 0. The van der Waals surface area contributed by atoms with Crippen LogP contribution in [0.4, 0.5) is 4.39 Å². The lowest BCUT2D eigenvalue weighted by molar-refractivity contribution is 0.0195. The number of hydrogen-bond acceptors (Lipinski definition) is 3. The van der Waals surface area contributed by atoms with Gasteiger partial charge in [0.05, 0.1) is 13.2 Å². The molecule has 2 fully saturated rings. The van der Waals surface area contributed by atoms with Crippen molar-refractivity contribution in [3.63, 3.8) is 0 Å². The van der Waals surface area contributed by atoms with Crippen molar-refractivity contribution in [3.8, 4) is 0 Å². The van der Waals surface area contributed by atoms with Gasteiger partial charge in [-0.2, -0.15) is 0 Å². The maximum atomic E-state index is 13.3. The Kier molecular flexibility index (Phi) is 9.07. The number of benzene rings is 1. The van der Waals surface area contributed by atoms with Crippen LogP contribution < -0.4 is 5.32 Å². The standard InChI is InChI=1S/C19H29FN4O.HI/c1-2-21-19(22-8-6-16-4-3-5-17(20)14-16)24-9-7-18(15-24)23-10-12-25-13-11-23;/h3-5,14,18H,2,6-13,15H2,1H3,(H,21,22);1H. The van der Waals surface area contributed by atoms with Crippen molar-refractivity contribution < 1.29 is 9.13 Å². The first kappa shape index (κ1) is 21.4. The summed E-state index contributed by atoms with van der Waals surface area (Å²) in [6.07, 6.45) is 1.93. The van der Waals surface area contributed by atoms with Crippen LogP contribution in [0.25, 0.3) is 0 Å². The van der Waals surface area contributed by atoms with E-state index in [1.54, 1.807) is 12.1 Å². The number of nitrogens with one attached hydrogen (secondary N) is 1. The third-order valence-electron chi connectivity index (χ3n) is 4.91. The summed E-state index contributed by atoms with van der Waals surface area (Å²) in [5, 5.41) is 3.40. The molecular weight excluding hydrogens is 446 g/mol. The maximum Gasteiger partial charge on any atom is 0.193 e. The molecule has 0 aromatic heterocycles. The molecule has 7 heteroatoms. The lowest BCUT2D eigenvalue weighted by Crippen LogP contribution is -2.46. The van der Waals surface area contributed by atoms with E-state index in [0.717, 1.165) is 63.9 Å². The molecule has 0 saturated carbocycles. The van der Waals surface area contributed by atoms with Crippen LogP contribution in [0.2, 0.25) is 0 Å². The molecule has 2 aliphatic heterocycles. The van der Waals surface area contributed by atoms with Gasteiger partial charge in [-0.25, -0.2) is 4.39 Å². The van der Waals surface area contributed by atoms with E-state index in [9.17, 15) is 4.39 Å². The lowest BCUT2D eigenvalue weighted by Gasteiger charge is -2.32. The van der Waals surface area contributed by atoms with E-state index in [-0.39, 0.29) is 29.8 Å². The van der Waals surface area contributed by atoms with Gasteiger partial charge >= 0.3 is 0 Å². The van der Waals surface area contributed by atoms with Gasteiger partial charge in [0.2, 0.25) is 0 Å². The van der Waals surface area contributed by atoms with Crippen molar-refractivity contribution in [1.82, 2.24) is 15.1 Å². The Balaban J connectivity index is 0.00000243. The summed E-state index contributed by atoms with van der Waals surface area (Å²) in [5.74, 6) is 0.802. The van der Waals surface area contributed by atoms with Gasteiger partial charge in [-0.05, 0) is 37.5 Å². The summed E-state index contributed by atoms with van der Waals surface area (Å²) < 4.78 is 18.7. The van der Waals surface area contributed by atoms with Gasteiger partial charge in [0.25, 0.3) is 0 Å². The van der Waals surface area contributed by atoms with E-state index >= 15 is 0 Å². The van der Waals surface area contributed by atoms with Crippen LogP contribution in [0, 0.1) is 5.82 Å². The first-order valence-electron chi connectivity index (χ1n) is 9.35. The Hall–Kier alpha value is -0.930. The van der Waals surface area contributed by atoms with Gasteiger partial charge in [-0.1, -0.05) is 12.1 Å². The molecule has 5 nitrogen and oxygen atoms in total. The van der Waals surface area contributed by atoms with Crippen molar-refractivity contribution >= 4 is 29.9 Å². The SMILES string of the molecule is CCNC(=NCCc1cccc(F)c1)N1CCC(N2CCOCC2)C1.I. The molecule has 2 heterocycles. The highest BCUT2D eigenvalue weighted by atomic mass is 127. The van der Waals surface area contributed by atoms with Gasteiger partial charge in [-0.3, -0.25) is 9.89 Å². The minimum absolute atomic E-state index is 0. The molecule has 1 aromatic carbocycles. The second-order valence-electron chi connectivity index (χ2n) is 6.65. The predicted octanol–water partition coefficient (Wildman–Crippen LogP) is 2.36. The van der Waals surface area contributed by atoms with E-state index in [2.05, 4.69) is 22.0 Å². The van der Waals surface area contributed by atoms with Crippen molar-refractivity contribution in [2.45, 2.75) is 25.8 Å². The monoisotopic (exact) mass is 476 g/mol. The number of rotatable bonds is 5. The molecular formula is C19H30FIN4O. The highest BCUT2D eigenvalue weighted by Crippen LogP contribution is 2.17. The minimum Gasteiger partial charge on any atom is -0.379 e. The van der Waals surface area contributed by atoms with Crippen molar-refractivity contribution in [3.05, 3.63) is 35.6 Å². The molecule has 1 atom stereocenters. The quantitative estimate of drug-likeness (QED) is 0.403. The zero-order chi connectivity index (χ0) is 17.5. The Morgan fingerprint density at radius 3 is 2.85 bits per heavy atom. The van der Waals surface area contributed by atoms with E-state index in [4.69, 9.17) is 9.73 Å². The molecule has 1 aromatic rings. The highest BCUT2D eigenvalue weighted by Gasteiger charge is 2.30. The summed E-state index contributed by atoms with van der Waals surface area (Å²) in [4.78, 5) is 9.66. The van der Waals surface area contributed by atoms with Crippen molar-refractivity contribution in [2.75, 3.05) is 52.5 Å². The number of ether oxygens (including phenoxy) is 1. The normalized spacial score (nSPS) is 21.5. The van der Waals surface area contributed by atoms with Crippen molar-refractivity contribution in [2.24, 2.45) is 4.99 Å². The zero-order valence-corrected chi connectivity index (χ0v) is 17.8. The summed E-state index contributed by atoms with van der Waals surface area (Å²) in [6.45, 7) is 9.44. The second-order valence-corrected chi connectivity index (χ2v) is 6.65. The number of nitrogens with zero attached hydrogens (tertiary/aromatic N) is 3. The Morgan fingerprint density at radius 1 is 1.31 bits per heavy atom. The van der Waals surface area contributed by atoms with Crippen LogP contribution in [0.5, 0.6) is 0 Å². The third-order valence-corrected chi connectivity index (χ3v) is 4.91. The molecule has 0 radical (unpaired) electrons. The first-order valence-corrected chi connectivity index (χ1v) is 9.35. The molecule has 0 bridgehead atoms. The Labute approximate surface area is 173 Å². The zero-order valence-electron chi connectivity index (χ0n) is 15.5. The highest BCUT2D eigenvalue weighted by molar-refractivity contribution is 14.0. The molecule has 1 N–H and O–H groups in total. The van der Waals surface area contributed by atoms with Crippen LogP contribution in [-0.2, 0) is 11.2 Å². The van der Waals surface area contributed by atoms with E-state index in [0.29, 0.717) is 12.6 Å². The van der Waals surface area contributed by atoms with Crippen LogP contribution in [0.15, 0.2) is 29.3 Å². The van der Waals surface area contributed by atoms with E-state index in [1.165, 1.54) is 12.5 Å². The first-order chi connectivity index (χ1) is 12.3. The smallest absolute Gasteiger partial charge is 0.193 e. The molecule has 0 spiro atoms. The van der Waals surface area contributed by atoms with Crippen LogP contribution in [0.3, 0.4) is 0 Å². The summed E-state index contributed by atoms with van der Waals surface area (Å²) in [6, 6.07) is 7.37. The summed E-state index contributed by atoms with van der Waals surface area (Å²) >= 11 is 0. The molecule has 1 unspecified atom stereocenters. The molecule has 26 heavy (non-hydrogen) atoms. The molecule has 146 valence electrons. The van der Waals surface area contributed by atoms with Crippen molar-refractivity contribution in [1.29, 1.82) is 0 Å².